The monoisotopic (exact) mass is 375 g/mol. The van der Waals surface area contributed by atoms with Gasteiger partial charge in [-0.15, -0.1) is 0 Å². The maximum Gasteiger partial charge on any atom is 0.402 e. The molecule has 0 saturated heterocycles. The van der Waals surface area contributed by atoms with Gasteiger partial charge in [0.05, 0.1) is 9.79 Å². The number of halogens is 3. The lowest BCUT2D eigenvalue weighted by molar-refractivity contribution is -0.121. The van der Waals surface area contributed by atoms with Crippen LogP contribution in [0.2, 0.25) is 0 Å². The molecule has 0 spiro atoms. The van der Waals surface area contributed by atoms with E-state index in [1.54, 1.807) is 0 Å². The fraction of sp³-hybridized carbons (Fsp3) is 0.455. The molecule has 0 saturated carbocycles. The lowest BCUT2D eigenvalue weighted by Gasteiger charge is -2.13. The zero-order valence-electron chi connectivity index (χ0n) is 12.0. The third-order valence-corrected chi connectivity index (χ3v) is 5.64. The molecule has 0 radical (unpaired) electrons. The van der Waals surface area contributed by atoms with E-state index < -0.39 is 43.7 Å². The zero-order valence-corrected chi connectivity index (χ0v) is 13.6. The lowest BCUT2D eigenvalue weighted by atomic mass is 10.4. The van der Waals surface area contributed by atoms with E-state index in [2.05, 4.69) is 4.72 Å². The predicted octanol–water partition coefficient (Wildman–Crippen LogP) is 0.153. The summed E-state index contributed by atoms with van der Waals surface area (Å²) in [6, 6.07) is 3.24. The molecule has 7 nitrogen and oxygen atoms in total. The van der Waals surface area contributed by atoms with Gasteiger partial charge in [0.25, 0.3) is 0 Å². The van der Waals surface area contributed by atoms with Crippen molar-refractivity contribution in [2.24, 2.45) is 5.73 Å². The van der Waals surface area contributed by atoms with Gasteiger partial charge in [-0.1, -0.05) is 0 Å². The van der Waals surface area contributed by atoms with Crippen LogP contribution in [0.15, 0.2) is 34.1 Å². The molecule has 0 aliphatic carbocycles. The minimum atomic E-state index is -4.70. The van der Waals surface area contributed by atoms with Gasteiger partial charge in [-0.05, 0) is 31.2 Å². The van der Waals surface area contributed by atoms with Crippen molar-refractivity contribution in [3.63, 3.8) is 0 Å². The molecule has 0 aromatic heterocycles. The Morgan fingerprint density at radius 3 is 1.87 bits per heavy atom. The number of rotatable bonds is 7. The summed E-state index contributed by atoms with van der Waals surface area (Å²) in [4.78, 5) is -0.708. The van der Waals surface area contributed by atoms with E-state index in [0.717, 1.165) is 24.3 Å². The molecule has 1 rings (SSSR count). The molecule has 0 aliphatic rings. The Bertz CT molecular complexity index is 731. The highest BCUT2D eigenvalue weighted by atomic mass is 32.2. The summed E-state index contributed by atoms with van der Waals surface area (Å²) in [6.45, 7) is -0.116. The molecule has 0 amide bonds. The molecule has 12 heteroatoms. The molecule has 4 N–H and O–H groups in total. The first-order valence-corrected chi connectivity index (χ1v) is 9.23. The van der Waals surface area contributed by atoms with Gasteiger partial charge in [-0.25, -0.2) is 26.3 Å². The van der Waals surface area contributed by atoms with Crippen LogP contribution in [0, 0.1) is 0 Å². The normalized spacial score (nSPS) is 14.7. The number of sulfonamides is 2. The van der Waals surface area contributed by atoms with Crippen molar-refractivity contribution in [1.82, 2.24) is 9.44 Å². The van der Waals surface area contributed by atoms with Gasteiger partial charge in [0.2, 0.25) is 20.0 Å². The van der Waals surface area contributed by atoms with Crippen LogP contribution in [0.25, 0.3) is 0 Å². The summed E-state index contributed by atoms with van der Waals surface area (Å²) in [5, 5.41) is 0. The Balaban J connectivity index is 2.96. The van der Waals surface area contributed by atoms with Crippen LogP contribution in [0.5, 0.6) is 0 Å². The predicted molar refractivity (Wildman–Crippen MR) is 76.5 cm³/mol. The molecule has 1 aromatic carbocycles. The molecule has 0 heterocycles. The van der Waals surface area contributed by atoms with Crippen molar-refractivity contribution >= 4 is 20.0 Å². The van der Waals surface area contributed by atoms with Crippen LogP contribution in [0.3, 0.4) is 0 Å². The van der Waals surface area contributed by atoms with E-state index in [1.165, 1.54) is 11.6 Å². The maximum atomic E-state index is 12.1. The first-order valence-electron chi connectivity index (χ1n) is 6.26. The smallest absolute Gasteiger partial charge is 0.329 e. The fourth-order valence-electron chi connectivity index (χ4n) is 1.44. The van der Waals surface area contributed by atoms with Gasteiger partial charge in [-0.3, -0.25) is 0 Å². The number of nitrogens with one attached hydrogen (secondary N) is 2. The summed E-state index contributed by atoms with van der Waals surface area (Å²) in [7, 11) is -8.28. The third-order valence-electron chi connectivity index (χ3n) is 2.62. The lowest BCUT2D eigenvalue weighted by Crippen LogP contribution is -2.37. The molecule has 1 atom stereocenters. The Kier molecular flexibility index (Phi) is 6.15. The van der Waals surface area contributed by atoms with Crippen molar-refractivity contribution in [1.29, 1.82) is 0 Å². The average molecular weight is 375 g/mol. The first kappa shape index (κ1) is 19.8. The SMILES string of the molecule is C[C@@H](CN)NS(=O)(=O)c1ccc(S(=O)(=O)NCC(F)(F)F)cc1. The summed E-state index contributed by atoms with van der Waals surface area (Å²) in [5.41, 5.74) is 5.30. The molecule has 0 fully saturated rings. The van der Waals surface area contributed by atoms with Crippen LogP contribution in [0.4, 0.5) is 13.2 Å². The number of benzene rings is 1. The second kappa shape index (κ2) is 7.13. The molecular formula is C11H16F3N3O4S2. The van der Waals surface area contributed by atoms with Gasteiger partial charge in [0.1, 0.15) is 6.54 Å². The van der Waals surface area contributed by atoms with E-state index >= 15 is 0 Å². The van der Waals surface area contributed by atoms with E-state index in [9.17, 15) is 30.0 Å². The van der Waals surface area contributed by atoms with E-state index in [4.69, 9.17) is 5.73 Å². The minimum absolute atomic E-state index is 0.0626. The molecule has 23 heavy (non-hydrogen) atoms. The Morgan fingerprint density at radius 1 is 1.04 bits per heavy atom. The quantitative estimate of drug-likeness (QED) is 0.627. The third kappa shape index (κ3) is 6.06. The Hall–Kier alpha value is -1.21. The van der Waals surface area contributed by atoms with Crippen molar-refractivity contribution in [3.05, 3.63) is 24.3 Å². The van der Waals surface area contributed by atoms with Gasteiger partial charge in [-0.2, -0.15) is 13.2 Å². The van der Waals surface area contributed by atoms with Crippen LogP contribution in [-0.2, 0) is 20.0 Å². The van der Waals surface area contributed by atoms with Crippen LogP contribution < -0.4 is 15.2 Å². The van der Waals surface area contributed by atoms with E-state index in [-0.39, 0.29) is 11.4 Å². The Morgan fingerprint density at radius 2 is 1.48 bits per heavy atom. The minimum Gasteiger partial charge on any atom is -0.329 e. The van der Waals surface area contributed by atoms with Gasteiger partial charge < -0.3 is 5.73 Å². The van der Waals surface area contributed by atoms with E-state index in [1.807, 2.05) is 0 Å². The highest BCUT2D eigenvalue weighted by Gasteiger charge is 2.30. The van der Waals surface area contributed by atoms with E-state index in [0.29, 0.717) is 0 Å². The molecule has 1 aromatic rings. The molecular weight excluding hydrogens is 359 g/mol. The fourth-order valence-corrected chi connectivity index (χ4v) is 3.71. The topological polar surface area (TPSA) is 118 Å². The number of nitrogens with two attached hydrogens (primary N) is 1. The second-order valence-corrected chi connectivity index (χ2v) is 8.15. The van der Waals surface area contributed by atoms with Crippen LogP contribution in [-0.4, -0.2) is 42.1 Å². The first-order chi connectivity index (χ1) is 10.4. The maximum absolute atomic E-state index is 12.1. The second-order valence-electron chi connectivity index (χ2n) is 4.67. The van der Waals surface area contributed by atoms with Crippen molar-refractivity contribution in [2.45, 2.75) is 28.9 Å². The summed E-state index contributed by atoms with van der Waals surface area (Å²) in [5.74, 6) is 0. The Labute approximate surface area is 132 Å². The summed E-state index contributed by atoms with van der Waals surface area (Å²) < 4.78 is 87.0. The van der Waals surface area contributed by atoms with Gasteiger partial charge in [0.15, 0.2) is 0 Å². The van der Waals surface area contributed by atoms with Gasteiger partial charge in [0, 0.05) is 12.6 Å². The largest absolute Gasteiger partial charge is 0.402 e. The summed E-state index contributed by atoms with van der Waals surface area (Å²) >= 11 is 0. The molecule has 0 bridgehead atoms. The standard InChI is InChI=1S/C11H16F3N3O4S2/c1-8(6-15)17-23(20,21)10-4-2-9(3-5-10)22(18,19)16-7-11(12,13)14/h2-5,8,16-17H,6-7,15H2,1H3/t8-/m0/s1. The van der Waals surface area contributed by atoms with Crippen LogP contribution >= 0.6 is 0 Å². The number of hydrogen-bond acceptors (Lipinski definition) is 5. The molecule has 0 aliphatic heterocycles. The number of alkyl halides is 3. The highest BCUT2D eigenvalue weighted by molar-refractivity contribution is 7.90. The van der Waals surface area contributed by atoms with Crippen molar-refractivity contribution in [3.8, 4) is 0 Å². The highest BCUT2D eigenvalue weighted by Crippen LogP contribution is 2.17. The summed E-state index contributed by atoms with van der Waals surface area (Å²) in [6.07, 6.45) is -4.70. The molecule has 132 valence electrons. The van der Waals surface area contributed by atoms with Crippen LogP contribution in [0.1, 0.15) is 6.92 Å². The zero-order chi connectivity index (χ0) is 17.9. The number of hydrogen-bond donors (Lipinski definition) is 3. The van der Waals surface area contributed by atoms with Gasteiger partial charge >= 0.3 is 6.18 Å². The van der Waals surface area contributed by atoms with Crippen molar-refractivity contribution < 1.29 is 30.0 Å². The average Bonchev–Trinajstić information content (AvgIpc) is 2.44. The van der Waals surface area contributed by atoms with Crippen molar-refractivity contribution in [2.75, 3.05) is 13.1 Å². The molecule has 0 unspecified atom stereocenters.